The van der Waals surface area contributed by atoms with Gasteiger partial charge in [0.15, 0.2) is 6.61 Å². The number of nitro groups is 1. The third kappa shape index (κ3) is 5.58. The third-order valence-electron chi connectivity index (χ3n) is 3.21. The van der Waals surface area contributed by atoms with Crippen molar-refractivity contribution >= 4 is 23.9 Å². The largest absolute Gasteiger partial charge is 0.483 e. The fraction of sp³-hybridized carbons (Fsp3) is 0.111. The summed E-state index contributed by atoms with van der Waals surface area (Å²) >= 11 is 0. The van der Waals surface area contributed by atoms with Crippen LogP contribution in [0, 0.1) is 17.0 Å². The van der Waals surface area contributed by atoms with E-state index in [1.54, 1.807) is 24.3 Å². The SMILES string of the molecule is Cc1ccccc1OCC(=O)N/N=C\C=C\c1ccccc1[N+](=O)[O-]. The maximum Gasteiger partial charge on any atom is 0.277 e. The number of hydrazone groups is 1. The molecule has 1 N–H and O–H groups in total. The quantitative estimate of drug-likeness (QED) is 0.476. The number of carbonyl (C=O) groups excluding carboxylic acids is 1. The number of hydrogen-bond donors (Lipinski definition) is 1. The number of para-hydroxylation sites is 2. The van der Waals surface area contributed by atoms with Gasteiger partial charge in [-0.2, -0.15) is 5.10 Å². The van der Waals surface area contributed by atoms with E-state index in [4.69, 9.17) is 4.74 Å². The van der Waals surface area contributed by atoms with Crippen molar-refractivity contribution in [2.24, 2.45) is 5.10 Å². The van der Waals surface area contributed by atoms with Gasteiger partial charge in [0.25, 0.3) is 11.6 Å². The number of hydrogen-bond acceptors (Lipinski definition) is 5. The molecule has 2 aromatic carbocycles. The van der Waals surface area contributed by atoms with E-state index in [1.165, 1.54) is 24.4 Å². The van der Waals surface area contributed by atoms with Crippen molar-refractivity contribution in [3.8, 4) is 5.75 Å². The highest BCUT2D eigenvalue weighted by Gasteiger charge is 2.08. The van der Waals surface area contributed by atoms with Gasteiger partial charge in [-0.1, -0.05) is 30.3 Å². The number of ether oxygens (including phenoxy) is 1. The number of nitro benzene ring substituents is 1. The van der Waals surface area contributed by atoms with E-state index in [1.807, 2.05) is 25.1 Å². The standard InChI is InChI=1S/C18H17N3O4/c1-14-7-2-5-11-17(14)25-13-18(22)20-19-12-6-9-15-8-3-4-10-16(15)21(23)24/h2-12H,13H2,1H3,(H,20,22)/b9-6+,19-12-. The molecule has 0 saturated carbocycles. The lowest BCUT2D eigenvalue weighted by atomic mass is 10.2. The molecule has 0 bridgehead atoms. The van der Waals surface area contributed by atoms with Gasteiger partial charge in [-0.05, 0) is 36.8 Å². The van der Waals surface area contributed by atoms with Crippen molar-refractivity contribution in [2.75, 3.05) is 6.61 Å². The van der Waals surface area contributed by atoms with Gasteiger partial charge >= 0.3 is 0 Å². The Morgan fingerprint density at radius 3 is 2.72 bits per heavy atom. The first-order valence-electron chi connectivity index (χ1n) is 7.48. The van der Waals surface area contributed by atoms with E-state index in [0.717, 1.165) is 5.56 Å². The topological polar surface area (TPSA) is 93.8 Å². The van der Waals surface area contributed by atoms with E-state index in [9.17, 15) is 14.9 Å². The van der Waals surface area contributed by atoms with Gasteiger partial charge in [0.1, 0.15) is 5.75 Å². The highest BCUT2D eigenvalue weighted by atomic mass is 16.6. The van der Waals surface area contributed by atoms with E-state index in [-0.39, 0.29) is 12.3 Å². The summed E-state index contributed by atoms with van der Waals surface area (Å²) in [5.41, 5.74) is 3.71. The van der Waals surface area contributed by atoms with E-state index < -0.39 is 10.8 Å². The van der Waals surface area contributed by atoms with Crippen molar-refractivity contribution < 1.29 is 14.5 Å². The van der Waals surface area contributed by atoms with Gasteiger partial charge < -0.3 is 4.74 Å². The predicted molar refractivity (Wildman–Crippen MR) is 95.4 cm³/mol. The lowest BCUT2D eigenvalue weighted by Crippen LogP contribution is -2.24. The van der Waals surface area contributed by atoms with Crippen LogP contribution in [0.25, 0.3) is 6.08 Å². The van der Waals surface area contributed by atoms with Gasteiger partial charge in [0, 0.05) is 12.3 Å². The molecule has 0 aliphatic carbocycles. The number of benzene rings is 2. The maximum absolute atomic E-state index is 11.6. The molecule has 0 atom stereocenters. The molecular formula is C18H17N3O4. The van der Waals surface area contributed by atoms with E-state index in [2.05, 4.69) is 10.5 Å². The summed E-state index contributed by atoms with van der Waals surface area (Å²) in [6, 6.07) is 13.7. The first-order chi connectivity index (χ1) is 12.1. The molecule has 25 heavy (non-hydrogen) atoms. The Balaban J connectivity index is 1.82. The summed E-state index contributed by atoms with van der Waals surface area (Å²) in [6.45, 7) is 1.73. The molecular weight excluding hydrogens is 322 g/mol. The Hall–Kier alpha value is -3.48. The molecule has 7 heteroatoms. The fourth-order valence-electron chi connectivity index (χ4n) is 1.99. The normalized spacial score (nSPS) is 10.9. The molecule has 0 spiro atoms. The Labute approximate surface area is 144 Å². The first kappa shape index (κ1) is 17.9. The predicted octanol–water partition coefficient (Wildman–Crippen LogP) is 3.10. The Morgan fingerprint density at radius 2 is 1.96 bits per heavy atom. The summed E-state index contributed by atoms with van der Waals surface area (Å²) in [4.78, 5) is 22.1. The van der Waals surface area contributed by atoms with Crippen molar-refractivity contribution in [1.82, 2.24) is 5.43 Å². The number of aryl methyl sites for hydroxylation is 1. The lowest BCUT2D eigenvalue weighted by Gasteiger charge is -2.07. The van der Waals surface area contributed by atoms with Crippen LogP contribution in [0.2, 0.25) is 0 Å². The lowest BCUT2D eigenvalue weighted by molar-refractivity contribution is -0.385. The molecule has 0 fully saturated rings. The first-order valence-corrected chi connectivity index (χ1v) is 7.48. The molecule has 0 aliphatic rings. The van der Waals surface area contributed by atoms with Crippen LogP contribution in [-0.4, -0.2) is 23.7 Å². The molecule has 1 amide bonds. The molecule has 0 unspecified atom stereocenters. The molecule has 7 nitrogen and oxygen atoms in total. The number of amides is 1. The minimum absolute atomic E-state index is 0.00261. The second kappa shape index (κ2) is 8.97. The minimum atomic E-state index is -0.457. The molecule has 0 radical (unpaired) electrons. The van der Waals surface area contributed by atoms with Crippen LogP contribution in [0.4, 0.5) is 5.69 Å². The number of carbonyl (C=O) groups is 1. The zero-order valence-electron chi connectivity index (χ0n) is 13.6. The molecule has 128 valence electrons. The second-order valence-corrected chi connectivity index (χ2v) is 5.04. The van der Waals surface area contributed by atoms with E-state index >= 15 is 0 Å². The van der Waals surface area contributed by atoms with Gasteiger partial charge in [-0.15, -0.1) is 0 Å². The monoisotopic (exact) mass is 339 g/mol. The maximum atomic E-state index is 11.6. The molecule has 2 aromatic rings. The number of nitrogens with one attached hydrogen (secondary N) is 1. The van der Waals surface area contributed by atoms with Crippen LogP contribution in [-0.2, 0) is 4.79 Å². The Bertz CT molecular complexity index is 815. The highest BCUT2D eigenvalue weighted by molar-refractivity contribution is 5.82. The smallest absolute Gasteiger partial charge is 0.277 e. The van der Waals surface area contributed by atoms with Crippen LogP contribution in [0.3, 0.4) is 0 Å². The summed E-state index contributed by atoms with van der Waals surface area (Å²) in [6.07, 6.45) is 4.38. The highest BCUT2D eigenvalue weighted by Crippen LogP contribution is 2.18. The Morgan fingerprint density at radius 1 is 1.24 bits per heavy atom. The second-order valence-electron chi connectivity index (χ2n) is 5.04. The van der Waals surface area contributed by atoms with Crippen LogP contribution in [0.15, 0.2) is 59.7 Å². The van der Waals surface area contributed by atoms with Crippen molar-refractivity contribution in [3.05, 3.63) is 75.8 Å². The zero-order chi connectivity index (χ0) is 18.1. The van der Waals surface area contributed by atoms with Crippen LogP contribution in [0.5, 0.6) is 5.75 Å². The molecule has 0 aromatic heterocycles. The number of nitrogens with zero attached hydrogens (tertiary/aromatic N) is 2. The van der Waals surface area contributed by atoms with E-state index in [0.29, 0.717) is 11.3 Å². The summed E-state index contributed by atoms with van der Waals surface area (Å²) < 4.78 is 5.39. The fourth-order valence-corrected chi connectivity index (χ4v) is 1.99. The van der Waals surface area contributed by atoms with Crippen molar-refractivity contribution in [2.45, 2.75) is 6.92 Å². The zero-order valence-corrected chi connectivity index (χ0v) is 13.6. The van der Waals surface area contributed by atoms with Crippen molar-refractivity contribution in [3.63, 3.8) is 0 Å². The van der Waals surface area contributed by atoms with Crippen LogP contribution >= 0.6 is 0 Å². The minimum Gasteiger partial charge on any atom is -0.483 e. The van der Waals surface area contributed by atoms with Crippen molar-refractivity contribution in [1.29, 1.82) is 0 Å². The van der Waals surface area contributed by atoms with Gasteiger partial charge in [0.2, 0.25) is 0 Å². The average Bonchev–Trinajstić information content (AvgIpc) is 2.61. The summed E-state index contributed by atoms with van der Waals surface area (Å²) in [7, 11) is 0. The number of allylic oxidation sites excluding steroid dienone is 1. The average molecular weight is 339 g/mol. The Kier molecular flexibility index (Phi) is 6.41. The molecule has 0 saturated heterocycles. The van der Waals surface area contributed by atoms with Gasteiger partial charge in [0.05, 0.1) is 10.5 Å². The molecule has 2 rings (SSSR count). The van der Waals surface area contributed by atoms with Crippen LogP contribution in [0.1, 0.15) is 11.1 Å². The van der Waals surface area contributed by atoms with Crippen LogP contribution < -0.4 is 10.2 Å². The third-order valence-corrected chi connectivity index (χ3v) is 3.21. The van der Waals surface area contributed by atoms with Gasteiger partial charge in [-0.25, -0.2) is 5.43 Å². The molecule has 0 heterocycles. The molecule has 0 aliphatic heterocycles. The summed E-state index contributed by atoms with van der Waals surface area (Å²) in [5.74, 6) is 0.233. The number of rotatable bonds is 7. The van der Waals surface area contributed by atoms with Gasteiger partial charge in [-0.3, -0.25) is 14.9 Å². The summed E-state index contributed by atoms with van der Waals surface area (Å²) in [5, 5.41) is 14.6.